The van der Waals surface area contributed by atoms with Crippen LogP contribution in [0.2, 0.25) is 0 Å². The highest BCUT2D eigenvalue weighted by Gasteiger charge is 2.50. The molecule has 3 saturated heterocycles. The number of likely N-dealkylation sites (tertiary alicyclic amines) is 2. The first-order valence-electron chi connectivity index (χ1n) is 25.1. The van der Waals surface area contributed by atoms with Gasteiger partial charge in [0.05, 0.1) is 48.4 Å². The van der Waals surface area contributed by atoms with Gasteiger partial charge in [-0.25, -0.2) is 24.5 Å². The average Bonchev–Trinajstić information content (AvgIpc) is 4.25. The lowest BCUT2D eigenvalue weighted by Gasteiger charge is -2.36. The molecule has 0 spiro atoms. The number of nitrogens with one attached hydrogen (secondary N) is 3. The van der Waals surface area contributed by atoms with Crippen molar-refractivity contribution >= 4 is 58.1 Å². The third-order valence-corrected chi connectivity index (χ3v) is 15.7. The van der Waals surface area contributed by atoms with Crippen molar-refractivity contribution in [3.63, 3.8) is 0 Å². The first-order chi connectivity index (χ1) is 34.8. The van der Waals surface area contributed by atoms with Crippen LogP contribution in [0.3, 0.4) is 0 Å². The Morgan fingerprint density at radius 2 is 1.32 bits per heavy atom. The van der Waals surface area contributed by atoms with Gasteiger partial charge in [0.2, 0.25) is 6.40 Å². The lowest BCUT2D eigenvalue weighted by atomic mass is 9.84. The SMILES string of the molecule is COOC=N[C@@H](C(=O)N1[C@@H]2CCCC[C@@H]2C[C@H]1c1nc2ccc(N3CCN(Cc4ccc5nc([C@@H]6C[C@H]7CCCC[C@H]7N6C(=O)[C@H](NC(=O)OC)c6ccccc6)[nH]c5c4)C3=O)cc2[nH]1)c1ccccc1. The quantitative estimate of drug-likeness (QED) is 0.0439. The van der Waals surface area contributed by atoms with Crippen molar-refractivity contribution < 1.29 is 33.7 Å². The van der Waals surface area contributed by atoms with E-state index in [1.54, 1.807) is 4.90 Å². The van der Waals surface area contributed by atoms with Crippen molar-refractivity contribution in [1.29, 1.82) is 0 Å². The Labute approximate surface area is 411 Å². The molecule has 5 amide bonds. The molecule has 11 rings (SSSR count). The second-order valence-electron chi connectivity index (χ2n) is 19.7. The lowest BCUT2D eigenvalue weighted by molar-refractivity contribution is -0.188. The van der Waals surface area contributed by atoms with Crippen LogP contribution in [-0.2, 0) is 30.6 Å². The number of methoxy groups -OCH3 is 1. The Kier molecular flexibility index (Phi) is 12.9. The van der Waals surface area contributed by atoms with E-state index in [1.165, 1.54) is 20.6 Å². The summed E-state index contributed by atoms with van der Waals surface area (Å²) >= 11 is 0. The number of anilines is 1. The molecule has 2 saturated carbocycles. The standard InChI is InChI=1S/C54H60N10O7/c1-69-53(67)60-48(35-15-7-4-8-16-35)52(66)64-44-20-12-10-18-37(44)29-46(64)49-56-39-23-21-33(27-41(39)58-49)31-61-25-26-62(54(61)68)38-22-24-40-42(30-38)59-50(57-40)45-28-36-17-9-11-19-43(36)63(45)51(65)47(55-32-71-70-2)34-13-5-3-6-14-34/h3-8,13-16,21-24,27,30,32,36-37,43-48H,9-12,17-20,25-26,28-29,31H2,1-2H3,(H,56,58)(H,57,59)(H,60,67)/t36-,37-,43-,44-,45+,46+,47-,48-/m1/s1. The number of carbonyl (C=O) groups excluding carboxylic acids is 4. The van der Waals surface area contributed by atoms with Crippen molar-refractivity contribution in [2.75, 3.05) is 32.2 Å². The highest BCUT2D eigenvalue weighted by molar-refractivity contribution is 5.96. The van der Waals surface area contributed by atoms with Gasteiger partial charge < -0.3 is 39.6 Å². The van der Waals surface area contributed by atoms with E-state index in [-0.39, 0.29) is 42.0 Å². The van der Waals surface area contributed by atoms with E-state index in [2.05, 4.69) is 26.3 Å². The van der Waals surface area contributed by atoms with Gasteiger partial charge in [-0.05, 0) is 97.4 Å². The number of aromatic nitrogens is 4. The van der Waals surface area contributed by atoms with Crippen LogP contribution in [0.15, 0.2) is 102 Å². The summed E-state index contributed by atoms with van der Waals surface area (Å²) in [6.45, 7) is 1.47. The summed E-state index contributed by atoms with van der Waals surface area (Å²) < 4.78 is 4.96. The van der Waals surface area contributed by atoms with Gasteiger partial charge in [0.25, 0.3) is 11.8 Å². The predicted molar refractivity (Wildman–Crippen MR) is 266 cm³/mol. The van der Waals surface area contributed by atoms with E-state index in [0.717, 1.165) is 115 Å². The van der Waals surface area contributed by atoms with Crippen molar-refractivity contribution in [2.45, 2.75) is 107 Å². The number of carbonyl (C=O) groups is 4. The summed E-state index contributed by atoms with van der Waals surface area (Å²) in [5.74, 6) is 1.86. The molecule has 3 aliphatic heterocycles. The molecule has 3 N–H and O–H groups in total. The van der Waals surface area contributed by atoms with Gasteiger partial charge >= 0.3 is 12.1 Å². The highest BCUT2D eigenvalue weighted by Crippen LogP contribution is 2.49. The first kappa shape index (κ1) is 46.1. The number of benzene rings is 4. The molecule has 368 valence electrons. The Morgan fingerprint density at radius 3 is 1.96 bits per heavy atom. The van der Waals surface area contributed by atoms with Crippen molar-refractivity contribution in [2.24, 2.45) is 16.8 Å². The summed E-state index contributed by atoms with van der Waals surface area (Å²) in [6.07, 6.45) is 10.4. The van der Waals surface area contributed by atoms with Crippen LogP contribution < -0.4 is 10.2 Å². The average molecular weight is 961 g/mol. The molecule has 8 atom stereocenters. The molecule has 17 nitrogen and oxygen atoms in total. The van der Waals surface area contributed by atoms with Gasteiger partial charge in [-0.2, -0.15) is 4.89 Å². The van der Waals surface area contributed by atoms with Crippen LogP contribution in [0.4, 0.5) is 15.3 Å². The summed E-state index contributed by atoms with van der Waals surface area (Å²) in [7, 11) is 2.70. The predicted octanol–water partition coefficient (Wildman–Crippen LogP) is 8.99. The number of hydrogen-bond acceptors (Lipinski definition) is 10. The topological polar surface area (TPSA) is 191 Å². The van der Waals surface area contributed by atoms with Crippen molar-refractivity contribution in [1.82, 2.24) is 40.0 Å². The Hall–Kier alpha value is -7.27. The van der Waals surface area contributed by atoms with Crippen molar-refractivity contribution in [3.05, 3.63) is 125 Å². The largest absolute Gasteiger partial charge is 0.453 e. The minimum absolute atomic E-state index is 0.0372. The number of hydrogen-bond donors (Lipinski definition) is 3. The molecular formula is C54H60N10O7. The number of H-pyrrole nitrogens is 2. The van der Waals surface area contributed by atoms with Crippen LogP contribution >= 0.6 is 0 Å². The summed E-state index contributed by atoms with van der Waals surface area (Å²) in [5, 5.41) is 2.81. The third-order valence-electron chi connectivity index (χ3n) is 15.7. The molecule has 4 aromatic carbocycles. The van der Waals surface area contributed by atoms with Crippen LogP contribution in [0.5, 0.6) is 0 Å². The zero-order valence-electron chi connectivity index (χ0n) is 40.1. The maximum absolute atomic E-state index is 14.7. The van der Waals surface area contributed by atoms with E-state index < -0.39 is 18.2 Å². The monoisotopic (exact) mass is 960 g/mol. The van der Waals surface area contributed by atoms with E-state index in [4.69, 9.17) is 24.5 Å². The van der Waals surface area contributed by atoms with E-state index >= 15 is 0 Å². The number of imidazole rings is 2. The summed E-state index contributed by atoms with van der Waals surface area (Å²) in [4.78, 5) is 95.4. The minimum Gasteiger partial charge on any atom is -0.453 e. The van der Waals surface area contributed by atoms with E-state index in [9.17, 15) is 19.2 Å². The maximum atomic E-state index is 14.7. The van der Waals surface area contributed by atoms with Gasteiger partial charge in [0.15, 0.2) is 6.04 Å². The third kappa shape index (κ3) is 8.96. The molecule has 2 aromatic heterocycles. The molecule has 2 aliphatic carbocycles. The number of amides is 5. The Balaban J connectivity index is 0.805. The first-order valence-corrected chi connectivity index (χ1v) is 25.1. The zero-order chi connectivity index (χ0) is 48.6. The fraction of sp³-hybridized carbons (Fsp3) is 0.426. The van der Waals surface area contributed by atoms with Gasteiger partial charge in [0.1, 0.15) is 17.7 Å². The zero-order valence-corrected chi connectivity index (χ0v) is 40.1. The van der Waals surface area contributed by atoms with Gasteiger partial charge in [-0.1, -0.05) is 92.4 Å². The minimum atomic E-state index is -0.911. The maximum Gasteiger partial charge on any atom is 0.407 e. The van der Waals surface area contributed by atoms with Gasteiger partial charge in [0, 0.05) is 37.4 Å². The number of ether oxygens (including phenoxy) is 1. The number of nitrogens with zero attached hydrogens (tertiary/aromatic N) is 7. The molecule has 0 radical (unpaired) electrons. The van der Waals surface area contributed by atoms with Crippen LogP contribution in [-0.4, -0.2) is 104 Å². The summed E-state index contributed by atoms with van der Waals surface area (Å²) in [5.41, 5.74) is 6.37. The molecule has 0 unspecified atom stereocenters. The molecule has 5 heterocycles. The van der Waals surface area contributed by atoms with Gasteiger partial charge in [-0.15, -0.1) is 0 Å². The number of fused-ring (bicyclic) bond motifs is 4. The number of aliphatic imine (C=N–C) groups is 1. The van der Waals surface area contributed by atoms with Gasteiger partial charge in [-0.3, -0.25) is 14.5 Å². The second kappa shape index (κ2) is 19.9. The number of alkyl carbamates (subject to hydrolysis) is 1. The van der Waals surface area contributed by atoms with Crippen LogP contribution in [0.25, 0.3) is 22.1 Å². The van der Waals surface area contributed by atoms with Crippen LogP contribution in [0.1, 0.15) is 117 Å². The van der Waals surface area contributed by atoms with Crippen LogP contribution in [0, 0.1) is 11.8 Å². The van der Waals surface area contributed by atoms with E-state index in [1.807, 2.05) is 106 Å². The molecule has 17 heteroatoms. The molecular weight excluding hydrogens is 901 g/mol. The second-order valence-corrected chi connectivity index (χ2v) is 19.7. The lowest BCUT2D eigenvalue weighted by Crippen LogP contribution is -2.47. The fourth-order valence-corrected chi connectivity index (χ4v) is 12.4. The number of urea groups is 1. The number of aromatic amines is 2. The molecule has 5 fully saturated rings. The summed E-state index contributed by atoms with van der Waals surface area (Å²) in [6, 6.07) is 28.5. The fourth-order valence-electron chi connectivity index (χ4n) is 12.4. The van der Waals surface area contributed by atoms with Crippen molar-refractivity contribution in [3.8, 4) is 0 Å². The molecule has 5 aliphatic rings. The molecule has 71 heavy (non-hydrogen) atoms. The highest BCUT2D eigenvalue weighted by atomic mass is 17.2. The number of rotatable bonds is 13. The Morgan fingerprint density at radius 1 is 0.732 bits per heavy atom. The normalized spacial score (nSPS) is 24.1. The van der Waals surface area contributed by atoms with E-state index in [0.29, 0.717) is 37.0 Å². The Bertz CT molecular complexity index is 2940. The molecule has 0 bridgehead atoms. The smallest absolute Gasteiger partial charge is 0.407 e. The molecule has 6 aromatic rings.